The first-order valence-corrected chi connectivity index (χ1v) is 13.4. The quantitative estimate of drug-likeness (QED) is 0.267. The van der Waals surface area contributed by atoms with E-state index in [0.717, 1.165) is 56.7 Å². The Kier molecular flexibility index (Phi) is 13.9. The van der Waals surface area contributed by atoms with E-state index in [4.69, 9.17) is 0 Å². The fourth-order valence-corrected chi connectivity index (χ4v) is 5.53. The summed E-state index contributed by atoms with van der Waals surface area (Å²) in [5, 5.41) is 10.5. The van der Waals surface area contributed by atoms with Crippen LogP contribution in [0.2, 0.25) is 0 Å². The molecule has 0 aliphatic carbocycles. The molecule has 1 aliphatic heterocycles. The van der Waals surface area contributed by atoms with E-state index in [-0.39, 0.29) is 48.5 Å². The Hall–Kier alpha value is -1.67. The van der Waals surface area contributed by atoms with Crippen LogP contribution in [0, 0.1) is 11.6 Å². The molecular weight excluding hydrogens is 533 g/mol. The van der Waals surface area contributed by atoms with Crippen LogP contribution in [0.15, 0.2) is 83.8 Å². The number of aliphatic hydroxyl groups excluding tert-OH is 1. The highest BCUT2D eigenvalue weighted by molar-refractivity contribution is 7.99. The lowest BCUT2D eigenvalue weighted by atomic mass is 9.87. The maximum absolute atomic E-state index is 13.5. The van der Waals surface area contributed by atoms with Crippen molar-refractivity contribution in [3.8, 4) is 0 Å². The van der Waals surface area contributed by atoms with Crippen molar-refractivity contribution >= 4 is 36.6 Å². The van der Waals surface area contributed by atoms with E-state index in [0.29, 0.717) is 12.3 Å². The van der Waals surface area contributed by atoms with Crippen molar-refractivity contribution in [3.63, 3.8) is 0 Å². The van der Waals surface area contributed by atoms with Crippen LogP contribution < -0.4 is 0 Å². The molecule has 1 N–H and O–H groups in total. The Morgan fingerprint density at radius 3 is 1.78 bits per heavy atom. The number of aliphatic hydroxyl groups is 1. The molecule has 1 fully saturated rings. The van der Waals surface area contributed by atoms with Crippen LogP contribution in [0.25, 0.3) is 0 Å². The van der Waals surface area contributed by atoms with Gasteiger partial charge in [0.2, 0.25) is 0 Å². The van der Waals surface area contributed by atoms with Crippen molar-refractivity contribution in [2.24, 2.45) is 0 Å². The fourth-order valence-electron chi connectivity index (χ4n) is 4.69. The average Bonchev–Trinajstić information content (AvgIpc) is 2.88. The number of hydrogen-bond donors (Lipinski definition) is 1. The van der Waals surface area contributed by atoms with E-state index >= 15 is 0 Å². The molecule has 0 saturated carbocycles. The molecule has 1 saturated heterocycles. The van der Waals surface area contributed by atoms with E-state index in [9.17, 15) is 13.9 Å². The Balaban J connectivity index is 0.00000241. The van der Waals surface area contributed by atoms with Crippen LogP contribution in [-0.2, 0) is 0 Å². The number of thioether (sulfide) groups is 1. The van der Waals surface area contributed by atoms with Crippen LogP contribution in [0.3, 0.4) is 0 Å². The second-order valence-corrected chi connectivity index (χ2v) is 10.3. The second kappa shape index (κ2) is 16.3. The van der Waals surface area contributed by atoms with Gasteiger partial charge in [0.05, 0.1) is 6.10 Å². The first-order valence-electron chi connectivity index (χ1n) is 12.4. The van der Waals surface area contributed by atoms with E-state index in [1.54, 1.807) is 11.8 Å². The van der Waals surface area contributed by atoms with Crippen molar-refractivity contribution < 1.29 is 13.9 Å². The van der Waals surface area contributed by atoms with Crippen LogP contribution in [0.4, 0.5) is 8.78 Å². The lowest BCUT2D eigenvalue weighted by Gasteiger charge is -2.35. The van der Waals surface area contributed by atoms with Gasteiger partial charge in [0.15, 0.2) is 0 Å². The number of nitrogens with zero attached hydrogens (tertiary/aromatic N) is 2. The molecule has 1 heterocycles. The molecule has 0 amide bonds. The predicted octanol–water partition coefficient (Wildman–Crippen LogP) is 6.49. The van der Waals surface area contributed by atoms with Gasteiger partial charge in [-0.1, -0.05) is 42.5 Å². The zero-order chi connectivity index (χ0) is 24.5. The zero-order valence-electron chi connectivity index (χ0n) is 20.8. The molecule has 0 bridgehead atoms. The molecule has 202 valence electrons. The van der Waals surface area contributed by atoms with Crippen molar-refractivity contribution in [3.05, 3.63) is 102 Å². The molecule has 0 radical (unpaired) electrons. The Bertz CT molecular complexity index is 975. The highest BCUT2D eigenvalue weighted by Gasteiger charge is 2.20. The standard InChI is InChI=1S/C29H34F2N2OS.2ClH/c30-25-12-8-23(9-13-25)29(24-10-14-26(31)15-11-24)7-4-16-32-17-19-33(20-18-32)21-27(34)22-35-28-5-2-1-3-6-28;;/h1-3,5-6,8-15,27,29,34H,4,7,16-22H2;2*1H/t27-;;/m1../s1. The van der Waals surface area contributed by atoms with Gasteiger partial charge in [-0.05, 0) is 66.9 Å². The number of piperazine rings is 1. The molecule has 8 heteroatoms. The third kappa shape index (κ3) is 10.2. The molecule has 0 spiro atoms. The van der Waals surface area contributed by atoms with Crippen molar-refractivity contribution in [1.82, 2.24) is 9.80 Å². The molecular formula is C29H36Cl2F2N2OS. The molecule has 0 aromatic heterocycles. The molecule has 3 aromatic carbocycles. The van der Waals surface area contributed by atoms with Gasteiger partial charge in [-0.2, -0.15) is 0 Å². The molecule has 0 unspecified atom stereocenters. The van der Waals surface area contributed by atoms with Crippen molar-refractivity contribution in [2.45, 2.75) is 29.8 Å². The Labute approximate surface area is 236 Å². The number of hydrogen-bond acceptors (Lipinski definition) is 4. The van der Waals surface area contributed by atoms with Gasteiger partial charge in [-0.15, -0.1) is 36.6 Å². The maximum atomic E-state index is 13.5. The minimum atomic E-state index is -0.334. The van der Waals surface area contributed by atoms with Crippen molar-refractivity contribution in [1.29, 1.82) is 0 Å². The van der Waals surface area contributed by atoms with Crippen LogP contribution >= 0.6 is 36.6 Å². The Morgan fingerprint density at radius 2 is 1.24 bits per heavy atom. The predicted molar refractivity (Wildman–Crippen MR) is 154 cm³/mol. The van der Waals surface area contributed by atoms with Crippen LogP contribution in [0.5, 0.6) is 0 Å². The summed E-state index contributed by atoms with van der Waals surface area (Å²) in [6, 6.07) is 23.5. The van der Waals surface area contributed by atoms with Crippen LogP contribution in [0.1, 0.15) is 29.9 Å². The zero-order valence-corrected chi connectivity index (χ0v) is 23.3. The monoisotopic (exact) mass is 568 g/mol. The van der Waals surface area contributed by atoms with Crippen molar-refractivity contribution in [2.75, 3.05) is 45.0 Å². The third-order valence-electron chi connectivity index (χ3n) is 6.63. The number of benzene rings is 3. The summed E-state index contributed by atoms with van der Waals surface area (Å²) in [5.74, 6) is 0.342. The highest BCUT2D eigenvalue weighted by Crippen LogP contribution is 2.30. The summed E-state index contributed by atoms with van der Waals surface area (Å²) < 4.78 is 26.9. The highest BCUT2D eigenvalue weighted by atomic mass is 35.5. The largest absolute Gasteiger partial charge is 0.391 e. The first-order chi connectivity index (χ1) is 17.1. The van der Waals surface area contributed by atoms with Gasteiger partial charge in [0, 0.05) is 49.3 Å². The first kappa shape index (κ1) is 31.5. The summed E-state index contributed by atoms with van der Waals surface area (Å²) in [4.78, 5) is 6.02. The SMILES string of the molecule is Cl.Cl.O[C@@H](CSc1ccccc1)CN1CCN(CCCC(c2ccc(F)cc2)c2ccc(F)cc2)CC1. The molecule has 1 aliphatic rings. The minimum absolute atomic E-state index is 0. The van der Waals surface area contributed by atoms with E-state index < -0.39 is 0 Å². The van der Waals surface area contributed by atoms with Crippen LogP contribution in [-0.4, -0.2) is 66.0 Å². The van der Waals surface area contributed by atoms with Gasteiger partial charge in [0.25, 0.3) is 0 Å². The fraction of sp³-hybridized carbons (Fsp3) is 0.379. The Morgan fingerprint density at radius 1 is 0.730 bits per heavy atom. The lowest BCUT2D eigenvalue weighted by Crippen LogP contribution is -2.49. The van der Waals surface area contributed by atoms with E-state index in [1.165, 1.54) is 29.2 Å². The molecule has 4 rings (SSSR count). The summed E-state index contributed by atoms with van der Waals surface area (Å²) in [5.41, 5.74) is 2.12. The molecule has 37 heavy (non-hydrogen) atoms. The van der Waals surface area contributed by atoms with Gasteiger partial charge in [-0.3, -0.25) is 4.90 Å². The molecule has 1 atom stereocenters. The molecule has 3 nitrogen and oxygen atoms in total. The van der Waals surface area contributed by atoms with E-state index in [1.807, 2.05) is 42.5 Å². The van der Waals surface area contributed by atoms with Gasteiger partial charge >= 0.3 is 0 Å². The summed E-state index contributed by atoms with van der Waals surface area (Å²) >= 11 is 1.70. The summed E-state index contributed by atoms with van der Waals surface area (Å²) in [7, 11) is 0. The maximum Gasteiger partial charge on any atom is 0.123 e. The molecule has 3 aromatic rings. The smallest absolute Gasteiger partial charge is 0.123 e. The summed E-state index contributed by atoms with van der Waals surface area (Å²) in [6.07, 6.45) is 1.60. The summed E-state index contributed by atoms with van der Waals surface area (Å²) in [6.45, 7) is 5.63. The normalized spacial score (nSPS) is 15.1. The lowest BCUT2D eigenvalue weighted by molar-refractivity contribution is 0.0819. The van der Waals surface area contributed by atoms with Gasteiger partial charge in [-0.25, -0.2) is 8.78 Å². The number of halogens is 4. The third-order valence-corrected chi connectivity index (χ3v) is 7.79. The number of β-amino-alcohol motifs (C(OH)–C–C–N with tert-alkyl or cyclic N) is 1. The van der Waals surface area contributed by atoms with Gasteiger partial charge in [0.1, 0.15) is 11.6 Å². The second-order valence-electron chi connectivity index (χ2n) is 9.22. The van der Waals surface area contributed by atoms with Gasteiger partial charge < -0.3 is 10.0 Å². The minimum Gasteiger partial charge on any atom is -0.391 e. The number of rotatable bonds is 11. The topological polar surface area (TPSA) is 26.7 Å². The average molecular weight is 570 g/mol. The van der Waals surface area contributed by atoms with E-state index in [2.05, 4.69) is 21.9 Å².